The van der Waals surface area contributed by atoms with Crippen LogP contribution in [0.2, 0.25) is 0 Å². The Morgan fingerprint density at radius 3 is 2.61 bits per heavy atom. The molecule has 0 spiro atoms. The summed E-state index contributed by atoms with van der Waals surface area (Å²) in [6, 6.07) is 3.34. The molecule has 10 heteroatoms. The van der Waals surface area contributed by atoms with E-state index in [1.165, 1.54) is 0 Å². The Hall–Kier alpha value is -2.37. The molecule has 23 heavy (non-hydrogen) atoms. The summed E-state index contributed by atoms with van der Waals surface area (Å²) < 4.78 is 11.6. The highest BCUT2D eigenvalue weighted by atomic mass is 127. The molecule has 0 radical (unpaired) electrons. The molecule has 9 nitrogen and oxygen atoms in total. The topological polar surface area (TPSA) is 146 Å². The predicted octanol–water partition coefficient (Wildman–Crippen LogP) is 0.438. The molecular weight excluding hydrogens is 417 g/mol. The van der Waals surface area contributed by atoms with Crippen molar-refractivity contribution in [3.63, 3.8) is 0 Å². The van der Waals surface area contributed by atoms with E-state index in [2.05, 4.69) is 15.4 Å². The predicted molar refractivity (Wildman–Crippen MR) is 88.9 cm³/mol. The lowest BCUT2D eigenvalue weighted by Crippen LogP contribution is -2.20. The van der Waals surface area contributed by atoms with Crippen LogP contribution in [-0.2, 0) is 4.79 Å². The average molecular weight is 431 g/mol. The number of carbonyl (C=O) groups excluding carboxylic acids is 2. The van der Waals surface area contributed by atoms with Crippen molar-refractivity contribution in [1.29, 1.82) is 0 Å². The van der Waals surface area contributed by atoms with Crippen LogP contribution in [0.4, 0.5) is 0 Å². The van der Waals surface area contributed by atoms with Crippen LogP contribution in [0.3, 0.4) is 0 Å². The lowest BCUT2D eigenvalue weighted by atomic mass is 10.1. The van der Waals surface area contributed by atoms with Gasteiger partial charge in [-0.15, -0.1) is 0 Å². The maximum Gasteiger partial charge on any atom is 0.271 e. The van der Waals surface area contributed by atoms with Gasteiger partial charge >= 0.3 is 0 Å². The van der Waals surface area contributed by atoms with Gasteiger partial charge in [-0.3, -0.25) is 9.59 Å². The summed E-state index contributed by atoms with van der Waals surface area (Å²) in [5.41, 5.74) is 11.3. The summed E-state index contributed by atoms with van der Waals surface area (Å²) >= 11 is 2.02. The van der Waals surface area contributed by atoms with Gasteiger partial charge in [-0.25, -0.2) is 0 Å². The van der Waals surface area contributed by atoms with Crippen molar-refractivity contribution in [2.75, 3.05) is 13.2 Å². The number of nitrogens with zero attached hydrogens (tertiary/aromatic N) is 2. The van der Waals surface area contributed by atoms with Crippen LogP contribution in [0.1, 0.15) is 17.4 Å². The molecule has 5 N–H and O–H groups in total. The summed E-state index contributed by atoms with van der Waals surface area (Å²) in [6.45, 7) is 1.92. The molecule has 1 aromatic carbocycles. The molecule has 0 bridgehead atoms. The lowest BCUT2D eigenvalue weighted by molar-refractivity contribution is -0.119. The third kappa shape index (κ3) is 3.88. The van der Waals surface area contributed by atoms with Crippen molar-refractivity contribution in [2.45, 2.75) is 6.92 Å². The highest BCUT2D eigenvalue weighted by Crippen LogP contribution is 2.37. The van der Waals surface area contributed by atoms with E-state index < -0.39 is 11.8 Å². The highest BCUT2D eigenvalue weighted by Gasteiger charge is 2.20. The number of hydrogen-bond donors (Lipinski definition) is 3. The second kappa shape index (κ2) is 7.26. The minimum Gasteiger partial charge on any atom is -0.490 e. The van der Waals surface area contributed by atoms with Gasteiger partial charge in [0.1, 0.15) is 5.69 Å². The summed E-state index contributed by atoms with van der Waals surface area (Å²) in [6.07, 6.45) is 0. The number of hydrogen-bond acceptors (Lipinski definition) is 6. The molecule has 122 valence electrons. The van der Waals surface area contributed by atoms with Gasteiger partial charge in [0.2, 0.25) is 0 Å². The number of benzene rings is 1. The molecule has 0 fully saturated rings. The number of ether oxygens (including phenoxy) is 2. The Bertz CT molecular complexity index is 746. The Morgan fingerprint density at radius 2 is 2.00 bits per heavy atom. The van der Waals surface area contributed by atoms with E-state index in [1.54, 1.807) is 12.1 Å². The van der Waals surface area contributed by atoms with Crippen molar-refractivity contribution >= 4 is 34.4 Å². The van der Waals surface area contributed by atoms with Gasteiger partial charge in [-0.2, -0.15) is 15.4 Å². The summed E-state index contributed by atoms with van der Waals surface area (Å²) in [5, 5.41) is 10.0. The van der Waals surface area contributed by atoms with Gasteiger partial charge in [-0.1, -0.05) is 0 Å². The summed E-state index contributed by atoms with van der Waals surface area (Å²) in [7, 11) is 0. The largest absolute Gasteiger partial charge is 0.490 e. The van der Waals surface area contributed by atoms with Crippen LogP contribution in [0.5, 0.6) is 11.5 Å². The molecular formula is C13H14IN5O4. The molecule has 0 aliphatic rings. The number of carbonyl (C=O) groups is 2. The molecule has 0 saturated carbocycles. The van der Waals surface area contributed by atoms with Gasteiger partial charge in [-0.05, 0) is 41.6 Å². The average Bonchev–Trinajstić information content (AvgIpc) is 2.95. The fourth-order valence-electron chi connectivity index (χ4n) is 1.85. The number of H-pyrrole nitrogens is 1. The fraction of sp³-hybridized carbons (Fsp3) is 0.231. The second-order valence-electron chi connectivity index (χ2n) is 4.36. The SMILES string of the molecule is CCOc1cc(-c2n[nH]nc2C(N)=O)cc(I)c1OCC(N)=O. The Morgan fingerprint density at radius 1 is 1.26 bits per heavy atom. The van der Waals surface area contributed by atoms with Crippen LogP contribution in [0.15, 0.2) is 12.1 Å². The molecule has 1 heterocycles. The molecule has 0 atom stereocenters. The molecule has 0 aliphatic heterocycles. The number of primary amides is 2. The smallest absolute Gasteiger partial charge is 0.271 e. The number of halogens is 1. The van der Waals surface area contributed by atoms with Gasteiger partial charge < -0.3 is 20.9 Å². The number of nitrogens with two attached hydrogens (primary N) is 2. The van der Waals surface area contributed by atoms with Crippen LogP contribution < -0.4 is 20.9 Å². The molecule has 0 saturated heterocycles. The first-order chi connectivity index (χ1) is 10.9. The van der Waals surface area contributed by atoms with Gasteiger partial charge in [0.15, 0.2) is 23.8 Å². The third-order valence-electron chi connectivity index (χ3n) is 2.72. The van der Waals surface area contributed by atoms with E-state index >= 15 is 0 Å². The molecule has 0 aliphatic carbocycles. The van der Waals surface area contributed by atoms with Crippen molar-refractivity contribution in [3.8, 4) is 22.8 Å². The number of aromatic nitrogens is 3. The number of aromatic amines is 1. The minimum atomic E-state index is -0.698. The summed E-state index contributed by atoms with van der Waals surface area (Å²) in [5.74, 6) is -0.510. The Kier molecular flexibility index (Phi) is 5.36. The van der Waals surface area contributed by atoms with Crippen molar-refractivity contribution in [1.82, 2.24) is 15.4 Å². The minimum absolute atomic E-state index is 0.0223. The number of rotatable bonds is 7. The number of amides is 2. The van der Waals surface area contributed by atoms with Crippen LogP contribution in [-0.4, -0.2) is 40.4 Å². The van der Waals surface area contributed by atoms with Crippen LogP contribution >= 0.6 is 22.6 Å². The van der Waals surface area contributed by atoms with E-state index in [-0.39, 0.29) is 12.3 Å². The van der Waals surface area contributed by atoms with Gasteiger partial charge in [0.05, 0.1) is 10.2 Å². The Labute approximate surface area is 144 Å². The monoisotopic (exact) mass is 431 g/mol. The first-order valence-electron chi connectivity index (χ1n) is 6.52. The zero-order chi connectivity index (χ0) is 17.0. The molecule has 2 rings (SSSR count). The fourth-order valence-corrected chi connectivity index (χ4v) is 2.61. The van der Waals surface area contributed by atoms with E-state index in [9.17, 15) is 9.59 Å². The van der Waals surface area contributed by atoms with Crippen molar-refractivity contribution in [3.05, 3.63) is 21.4 Å². The first kappa shape index (κ1) is 17.0. The quantitative estimate of drug-likeness (QED) is 0.543. The summed E-state index contributed by atoms with van der Waals surface area (Å²) in [4.78, 5) is 22.3. The van der Waals surface area contributed by atoms with E-state index in [0.29, 0.717) is 32.9 Å². The van der Waals surface area contributed by atoms with Crippen molar-refractivity contribution < 1.29 is 19.1 Å². The maximum absolute atomic E-state index is 11.4. The molecule has 2 aromatic rings. The van der Waals surface area contributed by atoms with E-state index in [1.807, 2.05) is 29.5 Å². The van der Waals surface area contributed by atoms with E-state index in [0.717, 1.165) is 0 Å². The van der Waals surface area contributed by atoms with Gasteiger partial charge in [0, 0.05) is 5.56 Å². The molecule has 0 unspecified atom stereocenters. The molecule has 1 aromatic heterocycles. The van der Waals surface area contributed by atoms with Gasteiger partial charge in [0.25, 0.3) is 11.8 Å². The highest BCUT2D eigenvalue weighted by molar-refractivity contribution is 14.1. The maximum atomic E-state index is 11.4. The van der Waals surface area contributed by atoms with Crippen molar-refractivity contribution in [2.24, 2.45) is 11.5 Å². The third-order valence-corrected chi connectivity index (χ3v) is 3.52. The van der Waals surface area contributed by atoms with E-state index in [4.69, 9.17) is 20.9 Å². The normalized spacial score (nSPS) is 10.3. The zero-order valence-electron chi connectivity index (χ0n) is 12.1. The molecule has 2 amide bonds. The zero-order valence-corrected chi connectivity index (χ0v) is 14.3. The number of nitrogens with one attached hydrogen (secondary N) is 1. The lowest BCUT2D eigenvalue weighted by Gasteiger charge is -2.14. The van der Waals surface area contributed by atoms with Crippen LogP contribution in [0, 0.1) is 3.57 Å². The second-order valence-corrected chi connectivity index (χ2v) is 5.52. The first-order valence-corrected chi connectivity index (χ1v) is 7.60. The van der Waals surface area contributed by atoms with Crippen LogP contribution in [0.25, 0.3) is 11.3 Å². The standard InChI is InChI=1S/C13H14IN5O4/c1-2-22-8-4-6(10-11(13(16)21)18-19-17-10)3-7(14)12(8)23-5-9(15)20/h3-4H,2,5H2,1H3,(H2,15,20)(H2,16,21)(H,17,18,19). The Balaban J connectivity index is 2.49.